The molecule has 2 aromatic carbocycles. The van der Waals surface area contributed by atoms with Gasteiger partial charge in [-0.1, -0.05) is 18.2 Å². The van der Waals surface area contributed by atoms with E-state index in [0.29, 0.717) is 6.42 Å². The van der Waals surface area contributed by atoms with Gasteiger partial charge < -0.3 is 14.2 Å². The maximum absolute atomic E-state index is 13.8. The number of carbonyl (C=O) groups is 1. The average molecular weight is 550 g/mol. The molecule has 2 aromatic rings. The van der Waals surface area contributed by atoms with Gasteiger partial charge in [-0.25, -0.2) is 13.1 Å². The number of sulfonamides is 1. The summed E-state index contributed by atoms with van der Waals surface area (Å²) in [4.78, 5) is 15.2. The zero-order chi connectivity index (χ0) is 27.1. The van der Waals surface area contributed by atoms with Crippen molar-refractivity contribution in [1.82, 2.24) is 4.72 Å². The summed E-state index contributed by atoms with van der Waals surface area (Å²) in [6, 6.07) is 12.4. The number of alkyl halides is 3. The van der Waals surface area contributed by atoms with Gasteiger partial charge in [0.25, 0.3) is 0 Å². The molecule has 2 bridgehead atoms. The van der Waals surface area contributed by atoms with Crippen LogP contribution in [-0.2, 0) is 24.3 Å². The third-order valence-corrected chi connectivity index (χ3v) is 9.48. The van der Waals surface area contributed by atoms with Crippen LogP contribution < -0.4 is 14.4 Å². The second-order valence-corrected chi connectivity index (χ2v) is 11.8. The van der Waals surface area contributed by atoms with Crippen LogP contribution in [0.2, 0.25) is 0 Å². The van der Waals surface area contributed by atoms with E-state index in [1.54, 1.807) is 31.2 Å². The van der Waals surface area contributed by atoms with Gasteiger partial charge in [-0.05, 0) is 37.6 Å². The van der Waals surface area contributed by atoms with E-state index in [-0.39, 0.29) is 29.2 Å². The van der Waals surface area contributed by atoms with Crippen LogP contribution in [0.5, 0.6) is 5.75 Å². The first-order chi connectivity index (χ1) is 17.9. The maximum Gasteiger partial charge on any atom is 0.573 e. The summed E-state index contributed by atoms with van der Waals surface area (Å²) < 4.78 is 84.6. The Balaban J connectivity index is 1.37. The van der Waals surface area contributed by atoms with Gasteiger partial charge in [0, 0.05) is 18.4 Å². The highest BCUT2D eigenvalue weighted by atomic mass is 32.2. The first-order valence-electron chi connectivity index (χ1n) is 11.9. The van der Waals surface area contributed by atoms with Crippen molar-refractivity contribution in [3.63, 3.8) is 0 Å². The predicted octanol–water partition coefficient (Wildman–Crippen LogP) is 3.06. The first-order valence-corrected chi connectivity index (χ1v) is 13.4. The number of ether oxygens (including phenoxy) is 3. The summed E-state index contributed by atoms with van der Waals surface area (Å²) in [7, 11) is -3.90. The molecule has 6 atom stereocenters. The van der Waals surface area contributed by atoms with Gasteiger partial charge in [-0.15, -0.1) is 13.2 Å². The molecule has 0 aromatic heterocycles. The summed E-state index contributed by atoms with van der Waals surface area (Å²) in [5.41, 5.74) is -2.34. The number of amides is 1. The van der Waals surface area contributed by atoms with Crippen molar-refractivity contribution in [2.24, 2.45) is 11.8 Å². The monoisotopic (exact) mass is 549 g/mol. The summed E-state index contributed by atoms with van der Waals surface area (Å²) in [5, 5.41) is 9.24. The predicted molar refractivity (Wildman–Crippen MR) is 124 cm³/mol. The molecule has 4 aliphatic rings. The Morgan fingerprint density at radius 3 is 2.63 bits per heavy atom. The molecule has 4 heterocycles. The third-order valence-electron chi connectivity index (χ3n) is 7.99. The summed E-state index contributed by atoms with van der Waals surface area (Å²) in [6.45, 7) is 1.89. The molecule has 0 radical (unpaired) electrons. The molecule has 0 aliphatic carbocycles. The fourth-order valence-electron chi connectivity index (χ4n) is 6.68. The average Bonchev–Trinajstić information content (AvgIpc) is 3.41. The fraction of sp³-hybridized carbons (Fsp3) is 0.440. The molecular formula is C25H22F3N3O6S. The Labute approximate surface area is 216 Å². The van der Waals surface area contributed by atoms with Gasteiger partial charge in [0.15, 0.2) is 0 Å². The number of fused-ring (bicyclic) bond motifs is 2. The number of hydrogen-bond acceptors (Lipinski definition) is 7. The maximum atomic E-state index is 13.8. The highest BCUT2D eigenvalue weighted by Crippen LogP contribution is 2.65. The van der Waals surface area contributed by atoms with E-state index < -0.39 is 63.3 Å². The molecule has 4 fully saturated rings. The summed E-state index contributed by atoms with van der Waals surface area (Å²) >= 11 is 0. The van der Waals surface area contributed by atoms with Crippen molar-refractivity contribution in [3.05, 3.63) is 54.1 Å². The molecule has 1 spiro atoms. The standard InChI is InChI=1S/C25H22F3N3O6S/c1-23-12-18(30-38(33,34)16-5-3-2-4-6-16)24(37-23)9-10-35-22-20(24)19(23)21(32)31(22)15-8-7-14(13-29)17(11-15)36-25(26,27)28/h2-8,11,18-20,22,30H,9-10,12H2,1H3/t18-,19+,20-,22-,23+,24-/m0/s1. The molecule has 0 unspecified atom stereocenters. The van der Waals surface area contributed by atoms with E-state index in [1.165, 1.54) is 23.1 Å². The van der Waals surface area contributed by atoms with Crippen molar-refractivity contribution in [1.29, 1.82) is 5.26 Å². The van der Waals surface area contributed by atoms with Crippen molar-refractivity contribution < 1.29 is 40.6 Å². The minimum atomic E-state index is -5.04. The Kier molecular flexibility index (Phi) is 5.39. The van der Waals surface area contributed by atoms with Crippen LogP contribution in [0.4, 0.5) is 18.9 Å². The molecule has 9 nitrogen and oxygen atoms in total. The van der Waals surface area contributed by atoms with E-state index in [2.05, 4.69) is 9.46 Å². The molecular weight excluding hydrogens is 527 g/mol. The Morgan fingerprint density at radius 2 is 1.95 bits per heavy atom. The lowest BCUT2D eigenvalue weighted by molar-refractivity contribution is -0.274. The van der Waals surface area contributed by atoms with E-state index in [9.17, 15) is 31.6 Å². The number of halogens is 3. The number of carbonyl (C=O) groups excluding carboxylic acids is 1. The van der Waals surface area contributed by atoms with Gasteiger partial charge in [0.1, 0.15) is 18.0 Å². The number of anilines is 1. The van der Waals surface area contributed by atoms with Crippen LogP contribution in [0.3, 0.4) is 0 Å². The quantitative estimate of drug-likeness (QED) is 0.609. The number of rotatable bonds is 5. The van der Waals surface area contributed by atoms with Crippen LogP contribution in [0.1, 0.15) is 25.3 Å². The SMILES string of the molecule is C[C@@]12C[C@H](NS(=O)(=O)c3ccccc3)[C@]3(CCO[C@H]4[C@@H]3[C@@H]1C(=O)N4c1ccc(C#N)c(OC(F)(F)F)c1)O2. The molecule has 38 heavy (non-hydrogen) atoms. The number of hydrogen-bond donors (Lipinski definition) is 1. The molecule has 6 rings (SSSR count). The minimum absolute atomic E-state index is 0.0779. The molecule has 1 N–H and O–H groups in total. The smallest absolute Gasteiger partial charge is 0.404 e. The molecule has 13 heteroatoms. The van der Waals surface area contributed by atoms with Crippen LogP contribution >= 0.6 is 0 Å². The van der Waals surface area contributed by atoms with E-state index in [1.807, 2.05) is 0 Å². The third kappa shape index (κ3) is 3.62. The second kappa shape index (κ2) is 8.16. The zero-order valence-corrected chi connectivity index (χ0v) is 20.8. The Hall–Kier alpha value is -3.18. The second-order valence-electron chi connectivity index (χ2n) is 10.1. The lowest BCUT2D eigenvalue weighted by Gasteiger charge is -2.45. The largest absolute Gasteiger partial charge is 0.573 e. The normalized spacial score (nSPS) is 33.8. The van der Waals surface area contributed by atoms with Gasteiger partial charge in [0.2, 0.25) is 15.9 Å². The van der Waals surface area contributed by atoms with Crippen LogP contribution in [0, 0.1) is 23.2 Å². The van der Waals surface area contributed by atoms with Gasteiger partial charge >= 0.3 is 6.36 Å². The summed E-state index contributed by atoms with van der Waals surface area (Å²) in [6.07, 6.45) is -5.37. The highest BCUT2D eigenvalue weighted by molar-refractivity contribution is 7.89. The lowest BCUT2D eigenvalue weighted by atomic mass is 9.64. The molecule has 200 valence electrons. The summed E-state index contributed by atoms with van der Waals surface area (Å²) in [5.74, 6) is -2.41. The van der Waals surface area contributed by atoms with Gasteiger partial charge in [-0.2, -0.15) is 5.26 Å². The minimum Gasteiger partial charge on any atom is -0.404 e. The van der Waals surface area contributed by atoms with E-state index >= 15 is 0 Å². The van der Waals surface area contributed by atoms with Crippen LogP contribution in [0.25, 0.3) is 0 Å². The number of nitriles is 1. The van der Waals surface area contributed by atoms with E-state index in [4.69, 9.17) is 9.47 Å². The molecule has 1 amide bonds. The topological polar surface area (TPSA) is 118 Å². The van der Waals surface area contributed by atoms with Crippen molar-refractivity contribution in [3.8, 4) is 11.8 Å². The molecule has 0 saturated carbocycles. The van der Waals surface area contributed by atoms with Crippen molar-refractivity contribution in [2.45, 2.75) is 54.5 Å². The number of benzene rings is 2. The lowest BCUT2D eigenvalue weighted by Crippen LogP contribution is -2.61. The number of nitrogens with zero attached hydrogens (tertiary/aromatic N) is 2. The van der Waals surface area contributed by atoms with Crippen molar-refractivity contribution in [2.75, 3.05) is 11.5 Å². The van der Waals surface area contributed by atoms with E-state index in [0.717, 1.165) is 12.1 Å². The van der Waals surface area contributed by atoms with Crippen LogP contribution in [0.15, 0.2) is 53.4 Å². The number of nitrogens with one attached hydrogen (secondary N) is 1. The van der Waals surface area contributed by atoms with Crippen molar-refractivity contribution >= 4 is 21.6 Å². The highest BCUT2D eigenvalue weighted by Gasteiger charge is 2.78. The Bertz CT molecular complexity index is 1460. The zero-order valence-electron chi connectivity index (χ0n) is 19.9. The molecule has 4 saturated heterocycles. The first kappa shape index (κ1) is 25.1. The molecule has 4 aliphatic heterocycles. The van der Waals surface area contributed by atoms with Gasteiger partial charge in [-0.3, -0.25) is 9.69 Å². The van der Waals surface area contributed by atoms with Gasteiger partial charge in [0.05, 0.1) is 45.9 Å². The fourth-order valence-corrected chi connectivity index (χ4v) is 7.99. The van der Waals surface area contributed by atoms with Crippen LogP contribution in [-0.4, -0.2) is 50.8 Å². The Morgan fingerprint density at radius 1 is 1.21 bits per heavy atom.